The summed E-state index contributed by atoms with van der Waals surface area (Å²) in [5.74, 6) is 0.211. The monoisotopic (exact) mass is 500 g/mol. The Morgan fingerprint density at radius 1 is 0.750 bits per heavy atom. The van der Waals surface area contributed by atoms with Gasteiger partial charge >= 0.3 is 5.97 Å². The number of Topliss-reactive ketones (excluding diaryl/α,β-unsaturated/α-hetero) is 2. The first-order valence-corrected chi connectivity index (χ1v) is 12.3. The highest BCUT2D eigenvalue weighted by atomic mass is 16.5. The van der Waals surface area contributed by atoms with Crippen LogP contribution in [0.3, 0.4) is 0 Å². The second kappa shape index (κ2) is 14.1. The van der Waals surface area contributed by atoms with Crippen molar-refractivity contribution in [3.05, 3.63) is 46.5 Å². The normalized spacial score (nSPS) is 10.7. The Morgan fingerprint density at radius 2 is 1.28 bits per heavy atom. The summed E-state index contributed by atoms with van der Waals surface area (Å²) in [6, 6.07) is 6.64. The van der Waals surface area contributed by atoms with Crippen LogP contribution in [-0.4, -0.2) is 47.6 Å². The number of aliphatic carboxylic acids is 1. The number of phenolic OH excluding ortho intramolecular Hbond substituents is 1. The fraction of sp³-hybridized carbons (Fsp3) is 0.464. The van der Waals surface area contributed by atoms with Crippen molar-refractivity contribution >= 4 is 17.5 Å². The lowest BCUT2D eigenvalue weighted by Crippen LogP contribution is -2.13. The van der Waals surface area contributed by atoms with Crippen molar-refractivity contribution in [3.63, 3.8) is 0 Å². The Morgan fingerprint density at radius 3 is 1.81 bits per heavy atom. The van der Waals surface area contributed by atoms with Gasteiger partial charge in [0.1, 0.15) is 36.2 Å². The van der Waals surface area contributed by atoms with Crippen LogP contribution >= 0.6 is 0 Å². The second-order valence-electron chi connectivity index (χ2n) is 8.51. The van der Waals surface area contributed by atoms with E-state index in [4.69, 9.17) is 19.3 Å². The largest absolute Gasteiger partial charge is 0.507 e. The molecule has 0 heterocycles. The van der Waals surface area contributed by atoms with Gasteiger partial charge in [-0.1, -0.05) is 26.7 Å². The number of benzene rings is 2. The first-order chi connectivity index (χ1) is 17.2. The third-order valence-corrected chi connectivity index (χ3v) is 5.60. The Kier molecular flexibility index (Phi) is 11.2. The molecule has 0 amide bonds. The third-order valence-electron chi connectivity index (χ3n) is 5.60. The molecule has 2 N–H and O–H groups in total. The Hall–Kier alpha value is -3.55. The van der Waals surface area contributed by atoms with E-state index in [1.54, 1.807) is 24.3 Å². The maximum Gasteiger partial charge on any atom is 0.303 e. The number of hydrogen-bond donors (Lipinski definition) is 2. The van der Waals surface area contributed by atoms with Gasteiger partial charge in [-0.15, -0.1) is 0 Å². The van der Waals surface area contributed by atoms with E-state index in [9.17, 15) is 19.5 Å². The summed E-state index contributed by atoms with van der Waals surface area (Å²) in [4.78, 5) is 34.8. The highest BCUT2D eigenvalue weighted by Crippen LogP contribution is 2.35. The zero-order valence-electron chi connectivity index (χ0n) is 21.5. The summed E-state index contributed by atoms with van der Waals surface area (Å²) in [5.41, 5.74) is 2.06. The van der Waals surface area contributed by atoms with Gasteiger partial charge in [0, 0.05) is 17.5 Å². The van der Waals surface area contributed by atoms with Crippen LogP contribution in [0.1, 0.15) is 85.2 Å². The van der Waals surface area contributed by atoms with E-state index in [0.717, 1.165) is 18.4 Å². The number of ketones is 2. The van der Waals surface area contributed by atoms with E-state index in [0.29, 0.717) is 47.6 Å². The highest BCUT2D eigenvalue weighted by Gasteiger charge is 2.19. The Bertz CT molecular complexity index is 1070. The van der Waals surface area contributed by atoms with Crippen LogP contribution in [0.5, 0.6) is 23.0 Å². The summed E-state index contributed by atoms with van der Waals surface area (Å²) >= 11 is 0. The molecule has 0 saturated heterocycles. The third kappa shape index (κ3) is 7.73. The van der Waals surface area contributed by atoms with Gasteiger partial charge in [0.2, 0.25) is 0 Å². The molecule has 0 unspecified atom stereocenters. The molecule has 8 heteroatoms. The maximum atomic E-state index is 12.2. The molecule has 0 aliphatic heterocycles. The molecule has 0 saturated carbocycles. The topological polar surface area (TPSA) is 119 Å². The van der Waals surface area contributed by atoms with E-state index in [2.05, 4.69) is 0 Å². The van der Waals surface area contributed by atoms with Crippen molar-refractivity contribution < 1.29 is 38.8 Å². The van der Waals surface area contributed by atoms with Gasteiger partial charge in [-0.05, 0) is 57.4 Å². The smallest absolute Gasteiger partial charge is 0.303 e. The number of phenols is 1. The predicted octanol–water partition coefficient (Wildman–Crippen LogP) is 5.40. The fourth-order valence-electron chi connectivity index (χ4n) is 3.90. The van der Waals surface area contributed by atoms with Crippen LogP contribution in [0.25, 0.3) is 0 Å². The minimum atomic E-state index is -0.900. The van der Waals surface area contributed by atoms with Crippen LogP contribution in [-0.2, 0) is 17.6 Å². The highest BCUT2D eigenvalue weighted by molar-refractivity contribution is 5.98. The van der Waals surface area contributed by atoms with Crippen LogP contribution < -0.4 is 14.2 Å². The molecular formula is C28H36O8. The van der Waals surface area contributed by atoms with E-state index in [1.165, 1.54) is 13.8 Å². The minimum absolute atomic E-state index is 0.0188. The van der Waals surface area contributed by atoms with E-state index in [1.807, 2.05) is 13.8 Å². The first kappa shape index (κ1) is 28.7. The average molecular weight is 501 g/mol. The molecule has 36 heavy (non-hydrogen) atoms. The number of aromatic hydroxyl groups is 1. The summed E-state index contributed by atoms with van der Waals surface area (Å²) in [5, 5.41) is 19.4. The van der Waals surface area contributed by atoms with Crippen molar-refractivity contribution in [3.8, 4) is 23.0 Å². The average Bonchev–Trinajstić information content (AvgIpc) is 2.82. The lowest BCUT2D eigenvalue weighted by atomic mass is 10.0. The van der Waals surface area contributed by atoms with E-state index >= 15 is 0 Å². The van der Waals surface area contributed by atoms with Gasteiger partial charge in [-0.2, -0.15) is 0 Å². The van der Waals surface area contributed by atoms with Gasteiger partial charge in [-0.25, -0.2) is 0 Å². The predicted molar refractivity (Wildman–Crippen MR) is 136 cm³/mol. The molecule has 0 aliphatic rings. The van der Waals surface area contributed by atoms with Crippen molar-refractivity contribution in [2.45, 2.75) is 66.2 Å². The van der Waals surface area contributed by atoms with Crippen LogP contribution in [0.2, 0.25) is 0 Å². The van der Waals surface area contributed by atoms with E-state index in [-0.39, 0.29) is 49.1 Å². The summed E-state index contributed by atoms with van der Waals surface area (Å²) in [6.07, 6.45) is 3.06. The van der Waals surface area contributed by atoms with Gasteiger partial charge in [0.25, 0.3) is 0 Å². The fourth-order valence-corrected chi connectivity index (χ4v) is 3.90. The van der Waals surface area contributed by atoms with Gasteiger partial charge in [0.15, 0.2) is 11.6 Å². The van der Waals surface area contributed by atoms with Crippen LogP contribution in [0, 0.1) is 0 Å². The number of rotatable bonds is 16. The number of carboxylic acid groups (broad SMARTS) is 1. The van der Waals surface area contributed by atoms with Crippen molar-refractivity contribution in [1.29, 1.82) is 0 Å². The number of carbonyl (C=O) groups is 3. The number of ether oxygens (including phenoxy) is 3. The Balaban J connectivity index is 2.17. The molecule has 2 rings (SSSR count). The van der Waals surface area contributed by atoms with Crippen LogP contribution in [0.15, 0.2) is 24.3 Å². The second-order valence-corrected chi connectivity index (χ2v) is 8.51. The molecule has 2 aromatic carbocycles. The molecule has 8 nitrogen and oxygen atoms in total. The van der Waals surface area contributed by atoms with E-state index < -0.39 is 5.97 Å². The first-order valence-electron chi connectivity index (χ1n) is 12.3. The lowest BCUT2D eigenvalue weighted by molar-refractivity contribution is -0.137. The molecule has 0 spiro atoms. The SMILES string of the molecule is CCCc1c(OCCOc2ccc(C(C)=O)c(OCCCC(=O)O)c2CCC)ccc(C(C)=O)c1O. The summed E-state index contributed by atoms with van der Waals surface area (Å²) < 4.78 is 17.8. The number of hydrogen-bond acceptors (Lipinski definition) is 7. The summed E-state index contributed by atoms with van der Waals surface area (Å²) in [7, 11) is 0. The molecular weight excluding hydrogens is 464 g/mol. The molecule has 196 valence electrons. The van der Waals surface area contributed by atoms with Gasteiger partial charge in [-0.3, -0.25) is 14.4 Å². The summed E-state index contributed by atoms with van der Waals surface area (Å²) in [6.45, 7) is 7.44. The lowest BCUT2D eigenvalue weighted by Gasteiger charge is -2.19. The molecule has 0 atom stereocenters. The molecule has 0 aliphatic carbocycles. The quantitative estimate of drug-likeness (QED) is 0.232. The van der Waals surface area contributed by atoms with Gasteiger partial charge in [0.05, 0.1) is 17.7 Å². The standard InChI is InChI=1S/C28H36O8/c1-5-8-22-24(13-11-20(18(3)29)27(22)33)34-16-17-35-25-14-12-21(19(4)30)28(23(25)9-6-2)36-15-7-10-26(31)32/h11-14,33H,5-10,15-17H2,1-4H3,(H,31,32). The van der Waals surface area contributed by atoms with Crippen molar-refractivity contribution in [2.24, 2.45) is 0 Å². The molecule has 0 radical (unpaired) electrons. The Labute approximate surface area is 212 Å². The zero-order chi connectivity index (χ0) is 26.7. The molecule has 2 aromatic rings. The number of carbonyl (C=O) groups excluding carboxylic acids is 2. The van der Waals surface area contributed by atoms with Crippen molar-refractivity contribution in [2.75, 3.05) is 19.8 Å². The molecule has 0 aromatic heterocycles. The minimum Gasteiger partial charge on any atom is -0.507 e. The molecule has 0 fully saturated rings. The van der Waals surface area contributed by atoms with Crippen LogP contribution in [0.4, 0.5) is 0 Å². The van der Waals surface area contributed by atoms with Crippen molar-refractivity contribution in [1.82, 2.24) is 0 Å². The maximum absolute atomic E-state index is 12.2. The molecule has 0 bridgehead atoms. The number of carboxylic acids is 1. The zero-order valence-corrected chi connectivity index (χ0v) is 21.5. The van der Waals surface area contributed by atoms with Gasteiger partial charge < -0.3 is 24.4 Å².